The smallest absolute Gasteiger partial charge is 0.243 e. The third-order valence-corrected chi connectivity index (χ3v) is 5.31. The molecule has 0 aliphatic carbocycles. The Morgan fingerprint density at radius 3 is 2.52 bits per heavy atom. The van der Waals surface area contributed by atoms with Crippen molar-refractivity contribution >= 4 is 15.8 Å². The highest BCUT2D eigenvalue weighted by Gasteiger charge is 2.29. The summed E-state index contributed by atoms with van der Waals surface area (Å²) in [5.74, 6) is 0.534. The van der Waals surface area contributed by atoms with Crippen molar-refractivity contribution in [3.8, 4) is 0 Å². The summed E-state index contributed by atoms with van der Waals surface area (Å²) in [6, 6.07) is 2.91. The fourth-order valence-corrected chi connectivity index (χ4v) is 4.06. The van der Waals surface area contributed by atoms with E-state index in [9.17, 15) is 13.5 Å². The van der Waals surface area contributed by atoms with Gasteiger partial charge in [-0.3, -0.25) is 0 Å². The zero-order chi connectivity index (χ0) is 15.9. The van der Waals surface area contributed by atoms with E-state index < -0.39 is 10.0 Å². The highest BCUT2D eigenvalue weighted by atomic mass is 32.2. The van der Waals surface area contributed by atoms with E-state index >= 15 is 0 Å². The molecular formula is C14H25N3O3S. The molecule has 0 saturated carbocycles. The first-order chi connectivity index (χ1) is 10.0. The lowest BCUT2D eigenvalue weighted by atomic mass is 10.2. The van der Waals surface area contributed by atoms with Crippen LogP contribution in [0.3, 0.4) is 0 Å². The predicted octanol–water partition coefficient (Wildman–Crippen LogP) is 1.68. The average Bonchev–Trinajstić information content (AvgIpc) is 2.48. The number of rotatable bonds is 9. The van der Waals surface area contributed by atoms with Gasteiger partial charge in [0.2, 0.25) is 10.0 Å². The number of sulfonamides is 1. The summed E-state index contributed by atoms with van der Waals surface area (Å²) in [5, 5.41) is 12.2. The zero-order valence-electron chi connectivity index (χ0n) is 12.9. The Morgan fingerprint density at radius 2 is 2.00 bits per heavy atom. The monoisotopic (exact) mass is 315 g/mol. The van der Waals surface area contributed by atoms with E-state index in [1.807, 2.05) is 20.8 Å². The van der Waals surface area contributed by atoms with Crippen LogP contribution >= 0.6 is 0 Å². The Morgan fingerprint density at radius 1 is 1.33 bits per heavy atom. The molecule has 1 rings (SSSR count). The lowest BCUT2D eigenvalue weighted by Crippen LogP contribution is -2.41. The van der Waals surface area contributed by atoms with Gasteiger partial charge in [-0.15, -0.1) is 0 Å². The number of nitrogens with one attached hydrogen (secondary N) is 1. The molecule has 6 nitrogen and oxygen atoms in total. The topological polar surface area (TPSA) is 82.5 Å². The molecule has 0 aliphatic rings. The van der Waals surface area contributed by atoms with Gasteiger partial charge in [-0.25, -0.2) is 13.4 Å². The summed E-state index contributed by atoms with van der Waals surface area (Å²) in [5.41, 5.74) is 0. The molecule has 0 radical (unpaired) electrons. The quantitative estimate of drug-likeness (QED) is 0.724. The van der Waals surface area contributed by atoms with Crippen molar-refractivity contribution in [1.82, 2.24) is 9.29 Å². The molecule has 21 heavy (non-hydrogen) atoms. The summed E-state index contributed by atoms with van der Waals surface area (Å²) in [6.07, 6.45) is 2.90. The second kappa shape index (κ2) is 8.31. The molecule has 0 aromatic carbocycles. The van der Waals surface area contributed by atoms with Crippen LogP contribution in [0.4, 0.5) is 5.82 Å². The molecule has 0 spiro atoms. The van der Waals surface area contributed by atoms with E-state index in [0.717, 1.165) is 0 Å². The van der Waals surface area contributed by atoms with Crippen LogP contribution in [0.15, 0.2) is 23.2 Å². The van der Waals surface area contributed by atoms with Gasteiger partial charge in [0.25, 0.3) is 0 Å². The SMILES string of the molecule is CCNc1cc(S(=O)(=O)N(CCO)C(CC)CC)ccn1. The molecule has 7 heteroatoms. The highest BCUT2D eigenvalue weighted by molar-refractivity contribution is 7.89. The fraction of sp³-hybridized carbons (Fsp3) is 0.643. The molecule has 2 N–H and O–H groups in total. The van der Waals surface area contributed by atoms with Crippen LogP contribution in [0.25, 0.3) is 0 Å². The van der Waals surface area contributed by atoms with Crippen LogP contribution in [0.5, 0.6) is 0 Å². The first kappa shape index (κ1) is 17.9. The van der Waals surface area contributed by atoms with E-state index in [1.54, 1.807) is 0 Å². The van der Waals surface area contributed by atoms with Gasteiger partial charge in [0.15, 0.2) is 0 Å². The van der Waals surface area contributed by atoms with E-state index in [-0.39, 0.29) is 24.1 Å². The van der Waals surface area contributed by atoms with Gasteiger partial charge in [0.1, 0.15) is 5.82 Å². The summed E-state index contributed by atoms with van der Waals surface area (Å²) in [6.45, 7) is 6.40. The van der Waals surface area contributed by atoms with Gasteiger partial charge in [-0.05, 0) is 25.8 Å². The lowest BCUT2D eigenvalue weighted by molar-refractivity contribution is 0.219. The molecule has 0 saturated heterocycles. The summed E-state index contributed by atoms with van der Waals surface area (Å²) < 4.78 is 27.0. The standard InChI is InChI=1S/C14H25N3O3S/c1-4-12(5-2)17(9-10-18)21(19,20)13-7-8-16-14(11-13)15-6-3/h7-8,11-12,18H,4-6,9-10H2,1-3H3,(H,15,16). The number of aliphatic hydroxyl groups is 1. The van der Waals surface area contributed by atoms with Gasteiger partial charge in [0.05, 0.1) is 11.5 Å². The minimum Gasteiger partial charge on any atom is -0.395 e. The first-order valence-electron chi connectivity index (χ1n) is 7.33. The number of nitrogens with zero attached hydrogens (tertiary/aromatic N) is 2. The van der Waals surface area contributed by atoms with Crippen molar-refractivity contribution in [2.24, 2.45) is 0 Å². The van der Waals surface area contributed by atoms with Crippen molar-refractivity contribution in [2.75, 3.05) is 25.0 Å². The van der Waals surface area contributed by atoms with Crippen LogP contribution in [0.1, 0.15) is 33.6 Å². The minimum atomic E-state index is -3.63. The van der Waals surface area contributed by atoms with Crippen molar-refractivity contribution in [3.05, 3.63) is 18.3 Å². The second-order valence-electron chi connectivity index (χ2n) is 4.72. The molecule has 0 amide bonds. The Labute approximate surface area is 127 Å². The van der Waals surface area contributed by atoms with E-state index in [1.165, 1.54) is 22.6 Å². The zero-order valence-corrected chi connectivity index (χ0v) is 13.7. The van der Waals surface area contributed by atoms with Crippen LogP contribution < -0.4 is 5.32 Å². The molecular weight excluding hydrogens is 290 g/mol. The van der Waals surface area contributed by atoms with Gasteiger partial charge >= 0.3 is 0 Å². The highest BCUT2D eigenvalue weighted by Crippen LogP contribution is 2.22. The van der Waals surface area contributed by atoms with Gasteiger partial charge < -0.3 is 10.4 Å². The molecule has 0 aliphatic heterocycles. The predicted molar refractivity (Wildman–Crippen MR) is 83.7 cm³/mol. The summed E-state index contributed by atoms with van der Waals surface area (Å²) in [7, 11) is -3.63. The molecule has 0 atom stereocenters. The molecule has 120 valence electrons. The third kappa shape index (κ3) is 4.39. The normalized spacial score (nSPS) is 12.1. The number of aromatic nitrogens is 1. The van der Waals surface area contributed by atoms with Crippen molar-refractivity contribution < 1.29 is 13.5 Å². The van der Waals surface area contributed by atoms with Crippen LogP contribution in [-0.2, 0) is 10.0 Å². The van der Waals surface area contributed by atoms with E-state index in [2.05, 4.69) is 10.3 Å². The van der Waals surface area contributed by atoms with Crippen molar-refractivity contribution in [1.29, 1.82) is 0 Å². The maximum atomic E-state index is 12.8. The molecule has 0 bridgehead atoms. The van der Waals surface area contributed by atoms with Crippen molar-refractivity contribution in [3.63, 3.8) is 0 Å². The lowest BCUT2D eigenvalue weighted by Gasteiger charge is -2.29. The largest absolute Gasteiger partial charge is 0.395 e. The van der Waals surface area contributed by atoms with Crippen LogP contribution in [-0.4, -0.2) is 48.6 Å². The maximum absolute atomic E-state index is 12.8. The fourth-order valence-electron chi connectivity index (χ4n) is 2.28. The minimum absolute atomic E-state index is 0.105. The third-order valence-electron chi connectivity index (χ3n) is 3.37. The number of anilines is 1. The van der Waals surface area contributed by atoms with E-state index in [4.69, 9.17) is 0 Å². The van der Waals surface area contributed by atoms with Crippen LogP contribution in [0, 0.1) is 0 Å². The Bertz CT molecular complexity index is 530. The number of pyridine rings is 1. The first-order valence-corrected chi connectivity index (χ1v) is 8.77. The van der Waals surface area contributed by atoms with E-state index in [0.29, 0.717) is 25.2 Å². The molecule has 0 unspecified atom stereocenters. The summed E-state index contributed by atoms with van der Waals surface area (Å²) in [4.78, 5) is 4.29. The average molecular weight is 315 g/mol. The Hall–Kier alpha value is -1.18. The number of aliphatic hydroxyl groups excluding tert-OH is 1. The second-order valence-corrected chi connectivity index (χ2v) is 6.61. The summed E-state index contributed by atoms with van der Waals surface area (Å²) >= 11 is 0. The molecule has 1 aromatic heterocycles. The van der Waals surface area contributed by atoms with Crippen LogP contribution in [0.2, 0.25) is 0 Å². The Kier molecular flexibility index (Phi) is 7.07. The van der Waals surface area contributed by atoms with Gasteiger partial charge in [-0.1, -0.05) is 13.8 Å². The number of hydrogen-bond donors (Lipinski definition) is 2. The number of hydrogen-bond acceptors (Lipinski definition) is 5. The maximum Gasteiger partial charge on any atom is 0.243 e. The van der Waals surface area contributed by atoms with Gasteiger partial charge in [0, 0.05) is 31.4 Å². The molecule has 1 heterocycles. The van der Waals surface area contributed by atoms with Crippen molar-refractivity contribution in [2.45, 2.75) is 44.6 Å². The molecule has 0 fully saturated rings. The van der Waals surface area contributed by atoms with Gasteiger partial charge in [-0.2, -0.15) is 4.31 Å². The molecule has 1 aromatic rings. The Balaban J connectivity index is 3.18.